The van der Waals surface area contributed by atoms with Crippen LogP contribution in [0.2, 0.25) is 0 Å². The molecule has 6 heteroatoms. The van der Waals surface area contributed by atoms with Crippen molar-refractivity contribution in [3.8, 4) is 0 Å². The van der Waals surface area contributed by atoms with Crippen LogP contribution in [0, 0.1) is 30.2 Å². The molecular formula is C14H10BrF4N. The first kappa shape index (κ1) is 15.0. The lowest BCUT2D eigenvalue weighted by atomic mass is 9.97. The molecule has 0 aliphatic heterocycles. The molecule has 0 aromatic heterocycles. The molecule has 0 saturated heterocycles. The molecule has 2 aromatic carbocycles. The first-order valence-electron chi connectivity index (χ1n) is 5.67. The summed E-state index contributed by atoms with van der Waals surface area (Å²) >= 11 is 2.93. The number of aryl methyl sites for hydroxylation is 1. The Balaban J connectivity index is 2.58. The molecule has 0 bridgehead atoms. The number of rotatable bonds is 2. The minimum Gasteiger partial charge on any atom is -0.320 e. The average molecular weight is 348 g/mol. The van der Waals surface area contributed by atoms with Crippen molar-refractivity contribution in [2.24, 2.45) is 5.73 Å². The van der Waals surface area contributed by atoms with E-state index in [2.05, 4.69) is 15.9 Å². The molecule has 0 heterocycles. The van der Waals surface area contributed by atoms with Crippen LogP contribution in [-0.2, 0) is 0 Å². The molecular weight excluding hydrogens is 338 g/mol. The Kier molecular flexibility index (Phi) is 4.15. The number of hydrogen-bond donors (Lipinski definition) is 1. The van der Waals surface area contributed by atoms with Crippen molar-refractivity contribution in [1.82, 2.24) is 0 Å². The van der Waals surface area contributed by atoms with Crippen LogP contribution in [0.3, 0.4) is 0 Å². The summed E-state index contributed by atoms with van der Waals surface area (Å²) in [5.74, 6) is -4.12. The topological polar surface area (TPSA) is 26.0 Å². The highest BCUT2D eigenvalue weighted by molar-refractivity contribution is 9.10. The third kappa shape index (κ3) is 2.58. The van der Waals surface area contributed by atoms with E-state index in [1.165, 1.54) is 19.1 Å². The van der Waals surface area contributed by atoms with Gasteiger partial charge in [0, 0.05) is 15.6 Å². The van der Waals surface area contributed by atoms with Crippen LogP contribution in [-0.4, -0.2) is 0 Å². The van der Waals surface area contributed by atoms with Gasteiger partial charge in [-0.1, -0.05) is 28.1 Å². The first-order chi connectivity index (χ1) is 9.32. The van der Waals surface area contributed by atoms with Crippen LogP contribution in [0.15, 0.2) is 28.7 Å². The maximum Gasteiger partial charge on any atom is 0.164 e. The van der Waals surface area contributed by atoms with Crippen molar-refractivity contribution in [2.45, 2.75) is 13.0 Å². The normalized spacial score (nSPS) is 12.6. The quantitative estimate of drug-likeness (QED) is 0.802. The number of halogens is 5. The minimum atomic E-state index is -1.43. The second-order valence-electron chi connectivity index (χ2n) is 4.36. The van der Waals surface area contributed by atoms with Gasteiger partial charge >= 0.3 is 0 Å². The number of benzene rings is 2. The molecule has 1 atom stereocenters. The van der Waals surface area contributed by atoms with Crippen molar-refractivity contribution >= 4 is 15.9 Å². The Morgan fingerprint density at radius 1 is 1.00 bits per heavy atom. The highest BCUT2D eigenvalue weighted by Crippen LogP contribution is 2.30. The van der Waals surface area contributed by atoms with Crippen molar-refractivity contribution in [3.63, 3.8) is 0 Å². The molecule has 1 nitrogen and oxygen atoms in total. The zero-order valence-electron chi connectivity index (χ0n) is 10.4. The van der Waals surface area contributed by atoms with Gasteiger partial charge in [-0.2, -0.15) is 0 Å². The summed E-state index contributed by atoms with van der Waals surface area (Å²) in [6, 6.07) is 3.13. The van der Waals surface area contributed by atoms with E-state index in [1.54, 1.807) is 0 Å². The van der Waals surface area contributed by atoms with Gasteiger partial charge in [0.25, 0.3) is 0 Å². The molecule has 0 radical (unpaired) electrons. The fraction of sp³-hybridized carbons (Fsp3) is 0.143. The van der Waals surface area contributed by atoms with Crippen LogP contribution in [0.4, 0.5) is 17.6 Å². The summed E-state index contributed by atoms with van der Waals surface area (Å²) < 4.78 is 55.1. The molecule has 0 spiro atoms. The van der Waals surface area contributed by atoms with E-state index >= 15 is 0 Å². The summed E-state index contributed by atoms with van der Waals surface area (Å²) in [7, 11) is 0. The molecule has 2 N–H and O–H groups in total. The summed E-state index contributed by atoms with van der Waals surface area (Å²) in [6.07, 6.45) is 0. The predicted molar refractivity (Wildman–Crippen MR) is 71.2 cm³/mol. The molecule has 106 valence electrons. The van der Waals surface area contributed by atoms with Gasteiger partial charge in [-0.05, 0) is 24.6 Å². The maximum absolute atomic E-state index is 13.8. The second kappa shape index (κ2) is 5.54. The second-order valence-corrected chi connectivity index (χ2v) is 5.28. The molecule has 1 unspecified atom stereocenters. The lowest BCUT2D eigenvalue weighted by Gasteiger charge is -2.16. The molecule has 2 rings (SSSR count). The van der Waals surface area contributed by atoms with Crippen molar-refractivity contribution in [3.05, 3.63) is 68.7 Å². The van der Waals surface area contributed by atoms with Gasteiger partial charge in [0.05, 0.1) is 6.04 Å². The smallest absolute Gasteiger partial charge is 0.164 e. The average Bonchev–Trinajstić information content (AvgIpc) is 2.34. The third-order valence-electron chi connectivity index (χ3n) is 3.00. The summed E-state index contributed by atoms with van der Waals surface area (Å²) in [5.41, 5.74) is 4.98. The molecule has 0 aliphatic rings. The van der Waals surface area contributed by atoms with E-state index in [0.29, 0.717) is 0 Å². The van der Waals surface area contributed by atoms with E-state index in [-0.39, 0.29) is 15.6 Å². The van der Waals surface area contributed by atoms with Crippen LogP contribution in [0.25, 0.3) is 0 Å². The summed E-state index contributed by atoms with van der Waals surface area (Å²) in [6.45, 7) is 1.38. The summed E-state index contributed by atoms with van der Waals surface area (Å²) in [5, 5.41) is 0. The first-order valence-corrected chi connectivity index (χ1v) is 6.46. The van der Waals surface area contributed by atoms with Gasteiger partial charge in [0.15, 0.2) is 11.6 Å². The Labute approximate surface area is 121 Å². The van der Waals surface area contributed by atoms with Crippen molar-refractivity contribution in [2.75, 3.05) is 0 Å². The van der Waals surface area contributed by atoms with Gasteiger partial charge in [0.1, 0.15) is 11.6 Å². The molecule has 0 saturated carbocycles. The van der Waals surface area contributed by atoms with Gasteiger partial charge in [0.2, 0.25) is 0 Å². The third-order valence-corrected chi connectivity index (χ3v) is 3.45. The monoisotopic (exact) mass is 347 g/mol. The maximum atomic E-state index is 13.8. The largest absolute Gasteiger partial charge is 0.320 e. The van der Waals surface area contributed by atoms with Crippen LogP contribution in [0.1, 0.15) is 22.7 Å². The van der Waals surface area contributed by atoms with E-state index < -0.39 is 34.9 Å². The minimum absolute atomic E-state index is 0.0928. The molecule has 0 amide bonds. The lowest BCUT2D eigenvalue weighted by Crippen LogP contribution is -2.18. The Hall–Kier alpha value is -1.40. The fourth-order valence-corrected chi connectivity index (χ4v) is 2.31. The van der Waals surface area contributed by atoms with Crippen molar-refractivity contribution < 1.29 is 17.6 Å². The van der Waals surface area contributed by atoms with Gasteiger partial charge in [-0.15, -0.1) is 0 Å². The SMILES string of the molecule is Cc1ccc(C(N)c2c(F)cc(Br)cc2F)c(F)c1F. The Bertz CT molecular complexity index is 649. The molecule has 20 heavy (non-hydrogen) atoms. The van der Waals surface area contributed by atoms with E-state index in [9.17, 15) is 17.6 Å². The highest BCUT2D eigenvalue weighted by Gasteiger charge is 2.23. The standard InChI is InChI=1S/C14H10BrF4N/c1-6-2-3-8(13(19)12(6)18)14(20)11-9(16)4-7(15)5-10(11)17/h2-5,14H,20H2,1H3. The lowest BCUT2D eigenvalue weighted by molar-refractivity contribution is 0.482. The van der Waals surface area contributed by atoms with Gasteiger partial charge in [-0.3, -0.25) is 0 Å². The predicted octanol–water partition coefficient (Wildman–Crippen LogP) is 4.36. The van der Waals surface area contributed by atoms with E-state index in [4.69, 9.17) is 5.73 Å². The highest BCUT2D eigenvalue weighted by atomic mass is 79.9. The fourth-order valence-electron chi connectivity index (χ4n) is 1.91. The van der Waals surface area contributed by atoms with Gasteiger partial charge in [-0.25, -0.2) is 17.6 Å². The zero-order valence-corrected chi connectivity index (χ0v) is 11.9. The van der Waals surface area contributed by atoms with Crippen LogP contribution >= 0.6 is 15.9 Å². The Morgan fingerprint density at radius 3 is 2.10 bits per heavy atom. The van der Waals surface area contributed by atoms with Gasteiger partial charge < -0.3 is 5.73 Å². The van der Waals surface area contributed by atoms with E-state index in [1.807, 2.05) is 0 Å². The van der Waals surface area contributed by atoms with Crippen LogP contribution < -0.4 is 5.73 Å². The molecule has 0 fully saturated rings. The summed E-state index contributed by atoms with van der Waals surface area (Å²) in [4.78, 5) is 0. The molecule has 0 aliphatic carbocycles. The Morgan fingerprint density at radius 2 is 1.55 bits per heavy atom. The number of hydrogen-bond acceptors (Lipinski definition) is 1. The molecule has 2 aromatic rings. The van der Waals surface area contributed by atoms with Crippen molar-refractivity contribution in [1.29, 1.82) is 0 Å². The zero-order chi connectivity index (χ0) is 15.0. The van der Waals surface area contributed by atoms with E-state index in [0.717, 1.165) is 12.1 Å². The van der Waals surface area contributed by atoms with Crippen LogP contribution in [0.5, 0.6) is 0 Å². The number of nitrogens with two attached hydrogens (primary N) is 1.